The molecule has 0 fully saturated rings. The van der Waals surface area contributed by atoms with Crippen molar-refractivity contribution in [1.29, 1.82) is 0 Å². The van der Waals surface area contributed by atoms with Crippen molar-refractivity contribution in [3.63, 3.8) is 0 Å². The van der Waals surface area contributed by atoms with E-state index in [1.165, 1.54) is 398 Å². The monoisotopic (exact) mass is 1290 g/mol. The van der Waals surface area contributed by atoms with Crippen molar-refractivity contribution in [3.05, 3.63) is 36.5 Å². The quantitative estimate of drug-likeness (QED) is 0.0320. The summed E-state index contributed by atoms with van der Waals surface area (Å²) < 4.78 is 5.52. The number of nitrogens with one attached hydrogen (secondary N) is 1. The summed E-state index contributed by atoms with van der Waals surface area (Å²) in [5, 5.41) is 23.4. The Labute approximate surface area is 576 Å². The van der Waals surface area contributed by atoms with Gasteiger partial charge in [-0.25, -0.2) is 0 Å². The van der Waals surface area contributed by atoms with Crippen molar-refractivity contribution < 1.29 is 24.5 Å². The zero-order valence-corrected chi connectivity index (χ0v) is 62.6. The van der Waals surface area contributed by atoms with Gasteiger partial charge in [0, 0.05) is 12.8 Å². The standard InChI is InChI=1S/C86H165NO5/c1-3-5-7-9-11-13-15-17-19-21-43-48-52-56-60-64-68-72-76-80-86(91)92-81-77-73-69-65-61-57-53-49-45-42-40-38-36-34-32-30-28-26-24-22-23-25-27-29-31-33-35-37-39-41-44-47-51-55-59-63-67-71-75-79-85(90)87-83(82-88)84(89)78-74-70-66-62-58-54-50-46-20-18-16-14-12-10-8-6-4-2/h17,19,22-23,26,28,83-84,88-89H,3-16,18,20-21,24-25,27,29-82H2,1-2H3,(H,87,90)/b19-17-,23-22-,28-26-. The Balaban J connectivity index is 3.34. The highest BCUT2D eigenvalue weighted by molar-refractivity contribution is 5.76. The van der Waals surface area contributed by atoms with Gasteiger partial charge < -0.3 is 20.3 Å². The van der Waals surface area contributed by atoms with E-state index in [0.29, 0.717) is 25.9 Å². The molecule has 2 atom stereocenters. The number of ether oxygens (including phenoxy) is 1. The summed E-state index contributed by atoms with van der Waals surface area (Å²) >= 11 is 0. The summed E-state index contributed by atoms with van der Waals surface area (Å²) in [6.07, 6.45) is 107. The van der Waals surface area contributed by atoms with E-state index in [0.717, 1.165) is 44.9 Å². The molecule has 0 radical (unpaired) electrons. The number of hydrogen-bond acceptors (Lipinski definition) is 5. The molecule has 0 rings (SSSR count). The second kappa shape index (κ2) is 81.5. The van der Waals surface area contributed by atoms with Gasteiger partial charge in [-0.15, -0.1) is 0 Å². The first-order valence-corrected chi connectivity index (χ1v) is 42.2. The minimum atomic E-state index is -0.663. The SMILES string of the molecule is CCCCCCCC/C=C\CCCCCCCCCCCC(=O)OCCCCCCCCCCCCCCCCC/C=C\C/C=C\CCCCCCCCCCCCCCCCCCCC(=O)NC(CO)C(O)CCCCCCCCCCCCCCCCCCC. The Bertz CT molecular complexity index is 1490. The molecular formula is C86H165NO5. The maximum absolute atomic E-state index is 12.5. The van der Waals surface area contributed by atoms with Gasteiger partial charge in [-0.3, -0.25) is 9.59 Å². The third-order valence-corrected chi connectivity index (χ3v) is 19.9. The second-order valence-corrected chi connectivity index (χ2v) is 29.2. The molecule has 0 aliphatic carbocycles. The van der Waals surface area contributed by atoms with Crippen LogP contribution in [0, 0.1) is 0 Å². The van der Waals surface area contributed by atoms with Crippen molar-refractivity contribution >= 4 is 11.9 Å². The molecule has 0 aromatic heterocycles. The number of carbonyl (C=O) groups is 2. The molecule has 2 unspecified atom stereocenters. The highest BCUT2D eigenvalue weighted by Gasteiger charge is 2.20. The molecule has 0 saturated carbocycles. The second-order valence-electron chi connectivity index (χ2n) is 29.2. The number of amides is 1. The molecule has 92 heavy (non-hydrogen) atoms. The Morgan fingerprint density at radius 1 is 0.304 bits per heavy atom. The number of hydrogen-bond donors (Lipinski definition) is 3. The lowest BCUT2D eigenvalue weighted by atomic mass is 10.0. The Kier molecular flexibility index (Phi) is 79.8. The first kappa shape index (κ1) is 90.1. The summed E-state index contributed by atoms with van der Waals surface area (Å²) in [7, 11) is 0. The highest BCUT2D eigenvalue weighted by atomic mass is 16.5. The van der Waals surface area contributed by atoms with Crippen LogP contribution < -0.4 is 5.32 Å². The van der Waals surface area contributed by atoms with E-state index in [1.54, 1.807) is 0 Å². The minimum absolute atomic E-state index is 0.0208. The Morgan fingerprint density at radius 2 is 0.543 bits per heavy atom. The topological polar surface area (TPSA) is 95.9 Å². The van der Waals surface area contributed by atoms with Crippen LogP contribution in [0.5, 0.6) is 0 Å². The highest BCUT2D eigenvalue weighted by Crippen LogP contribution is 2.20. The molecule has 0 spiro atoms. The number of aliphatic hydroxyl groups is 2. The van der Waals surface area contributed by atoms with E-state index in [1.807, 2.05) is 0 Å². The minimum Gasteiger partial charge on any atom is -0.466 e. The number of unbranched alkanes of at least 4 members (excludes halogenated alkanes) is 63. The Hall–Kier alpha value is -1.92. The van der Waals surface area contributed by atoms with Gasteiger partial charge in [-0.2, -0.15) is 0 Å². The number of carbonyl (C=O) groups excluding carboxylic acids is 2. The molecule has 0 aromatic carbocycles. The largest absolute Gasteiger partial charge is 0.466 e. The van der Waals surface area contributed by atoms with Crippen LogP contribution in [0.2, 0.25) is 0 Å². The number of allylic oxidation sites excluding steroid dienone is 6. The van der Waals surface area contributed by atoms with Crippen LogP contribution in [0.4, 0.5) is 0 Å². The average molecular weight is 1290 g/mol. The van der Waals surface area contributed by atoms with Gasteiger partial charge in [-0.05, 0) is 83.5 Å². The van der Waals surface area contributed by atoms with Gasteiger partial charge in [0.2, 0.25) is 5.91 Å². The lowest BCUT2D eigenvalue weighted by Crippen LogP contribution is -2.45. The summed E-state index contributed by atoms with van der Waals surface area (Å²) in [6, 6.07) is -0.540. The van der Waals surface area contributed by atoms with Crippen molar-refractivity contribution in [2.75, 3.05) is 13.2 Å². The molecule has 0 aromatic rings. The molecule has 0 heterocycles. The van der Waals surface area contributed by atoms with Crippen LogP contribution in [-0.2, 0) is 14.3 Å². The maximum Gasteiger partial charge on any atom is 0.305 e. The van der Waals surface area contributed by atoms with Crippen LogP contribution in [0.15, 0.2) is 36.5 Å². The smallest absolute Gasteiger partial charge is 0.305 e. The van der Waals surface area contributed by atoms with Gasteiger partial charge in [0.25, 0.3) is 0 Å². The number of aliphatic hydroxyl groups excluding tert-OH is 2. The van der Waals surface area contributed by atoms with Crippen LogP contribution in [0.1, 0.15) is 476 Å². The third kappa shape index (κ3) is 77.1. The fourth-order valence-corrected chi connectivity index (χ4v) is 13.5. The third-order valence-electron chi connectivity index (χ3n) is 19.9. The molecule has 0 aliphatic rings. The van der Waals surface area contributed by atoms with Crippen LogP contribution >= 0.6 is 0 Å². The Morgan fingerprint density at radius 3 is 0.837 bits per heavy atom. The summed E-state index contributed by atoms with van der Waals surface area (Å²) in [6.45, 7) is 5.00. The first-order chi connectivity index (χ1) is 45.5. The zero-order valence-electron chi connectivity index (χ0n) is 62.6. The summed E-state index contributed by atoms with van der Waals surface area (Å²) in [5.74, 6) is -0.00685. The fourth-order valence-electron chi connectivity index (χ4n) is 13.5. The van der Waals surface area contributed by atoms with Crippen LogP contribution in [0.25, 0.3) is 0 Å². The van der Waals surface area contributed by atoms with Gasteiger partial charge in [-0.1, -0.05) is 416 Å². The molecule has 3 N–H and O–H groups in total. The lowest BCUT2D eigenvalue weighted by molar-refractivity contribution is -0.143. The molecule has 0 saturated heterocycles. The van der Waals surface area contributed by atoms with Crippen LogP contribution in [0.3, 0.4) is 0 Å². The van der Waals surface area contributed by atoms with Crippen molar-refractivity contribution in [2.24, 2.45) is 0 Å². The number of rotatable bonds is 80. The molecule has 6 heteroatoms. The lowest BCUT2D eigenvalue weighted by Gasteiger charge is -2.22. The zero-order chi connectivity index (χ0) is 66.3. The van der Waals surface area contributed by atoms with E-state index in [9.17, 15) is 19.8 Å². The molecule has 0 aliphatic heterocycles. The van der Waals surface area contributed by atoms with Gasteiger partial charge in [0.15, 0.2) is 0 Å². The van der Waals surface area contributed by atoms with Gasteiger partial charge in [0.05, 0.1) is 25.4 Å². The van der Waals surface area contributed by atoms with Crippen LogP contribution in [-0.4, -0.2) is 47.4 Å². The van der Waals surface area contributed by atoms with Gasteiger partial charge >= 0.3 is 5.97 Å². The van der Waals surface area contributed by atoms with Gasteiger partial charge in [0.1, 0.15) is 0 Å². The van der Waals surface area contributed by atoms with Crippen molar-refractivity contribution in [3.8, 4) is 0 Å². The molecule has 0 bridgehead atoms. The molecular weight excluding hydrogens is 1130 g/mol. The molecule has 1 amide bonds. The predicted octanol–water partition coefficient (Wildman–Crippen LogP) is 28.2. The summed E-state index contributed by atoms with van der Waals surface area (Å²) in [4.78, 5) is 24.7. The maximum atomic E-state index is 12.5. The van der Waals surface area contributed by atoms with E-state index in [2.05, 4.69) is 55.6 Å². The molecule has 544 valence electrons. The van der Waals surface area contributed by atoms with Crippen molar-refractivity contribution in [1.82, 2.24) is 5.32 Å². The number of esters is 1. The van der Waals surface area contributed by atoms with E-state index < -0.39 is 12.1 Å². The van der Waals surface area contributed by atoms with E-state index >= 15 is 0 Å². The normalized spacial score (nSPS) is 12.6. The predicted molar refractivity (Wildman–Crippen MR) is 407 cm³/mol. The average Bonchev–Trinajstić information content (AvgIpc) is 3.60. The summed E-state index contributed by atoms with van der Waals surface area (Å²) in [5.41, 5.74) is 0. The first-order valence-electron chi connectivity index (χ1n) is 42.2. The van der Waals surface area contributed by atoms with E-state index in [4.69, 9.17) is 4.74 Å². The molecule has 6 nitrogen and oxygen atoms in total. The fraction of sp³-hybridized carbons (Fsp3) is 0.907. The van der Waals surface area contributed by atoms with E-state index in [-0.39, 0.29) is 18.5 Å². The van der Waals surface area contributed by atoms with Crippen molar-refractivity contribution in [2.45, 2.75) is 488 Å².